The monoisotopic (exact) mass is 387 g/mol. The number of para-hydroxylation sites is 2. The van der Waals surface area contributed by atoms with E-state index in [4.69, 9.17) is 17.0 Å². The highest BCUT2D eigenvalue weighted by Crippen LogP contribution is 2.26. The first-order chi connectivity index (χ1) is 13.2. The number of aromatic amines is 1. The number of thiocarbonyl (C=S) groups is 1. The van der Waals surface area contributed by atoms with E-state index in [1.54, 1.807) is 19.4 Å². The molecule has 0 aliphatic carbocycles. The molecule has 0 saturated carbocycles. The molecule has 0 unspecified atom stereocenters. The van der Waals surface area contributed by atoms with Gasteiger partial charge in [0.1, 0.15) is 11.4 Å². The van der Waals surface area contributed by atoms with Gasteiger partial charge in [0.05, 0.1) is 12.3 Å². The Kier molecular flexibility index (Phi) is 6.78. The minimum atomic E-state index is -0.105. The van der Waals surface area contributed by atoms with Crippen molar-refractivity contribution in [2.24, 2.45) is 5.92 Å². The fraction of sp³-hybridized carbons (Fsp3) is 0.421. The van der Waals surface area contributed by atoms with E-state index in [1.165, 1.54) is 0 Å². The van der Waals surface area contributed by atoms with Crippen molar-refractivity contribution in [3.05, 3.63) is 52.7 Å². The number of anilines is 1. The standard InChI is InChI=1S/C19H25N5O2S/c1-20-19(27)23-15-4-2-3-5-17(15)26-13-14-6-10-24(11-7-14)12-16-18(25)22-9-8-21-16/h2-5,8-9,14H,6-7,10-13H2,1H3,(H,22,25)(H2,20,23,27). The zero-order valence-corrected chi connectivity index (χ0v) is 16.2. The van der Waals surface area contributed by atoms with Crippen molar-refractivity contribution < 1.29 is 4.74 Å². The molecule has 2 heterocycles. The van der Waals surface area contributed by atoms with Crippen molar-refractivity contribution in [1.29, 1.82) is 0 Å². The summed E-state index contributed by atoms with van der Waals surface area (Å²) < 4.78 is 6.06. The van der Waals surface area contributed by atoms with Crippen LogP contribution in [-0.2, 0) is 6.54 Å². The molecule has 27 heavy (non-hydrogen) atoms. The summed E-state index contributed by atoms with van der Waals surface area (Å²) in [4.78, 5) is 20.9. The number of ether oxygens (including phenoxy) is 1. The second-order valence-electron chi connectivity index (χ2n) is 6.60. The van der Waals surface area contributed by atoms with Gasteiger partial charge in [-0.25, -0.2) is 0 Å². The molecule has 3 rings (SSSR count). The molecule has 1 aliphatic heterocycles. The lowest BCUT2D eigenvalue weighted by Crippen LogP contribution is -2.36. The Balaban J connectivity index is 1.48. The molecule has 0 radical (unpaired) electrons. The first-order valence-corrected chi connectivity index (χ1v) is 9.52. The number of piperidine rings is 1. The van der Waals surface area contributed by atoms with E-state index >= 15 is 0 Å². The highest BCUT2D eigenvalue weighted by atomic mass is 32.1. The molecule has 0 spiro atoms. The van der Waals surface area contributed by atoms with Gasteiger partial charge in [-0.05, 0) is 56.2 Å². The van der Waals surface area contributed by atoms with Crippen LogP contribution in [0.3, 0.4) is 0 Å². The average molecular weight is 388 g/mol. The molecule has 1 aromatic carbocycles. The fourth-order valence-electron chi connectivity index (χ4n) is 3.11. The SMILES string of the molecule is CNC(=S)Nc1ccccc1OCC1CCN(Cc2ncc[nH]c2=O)CC1. The van der Waals surface area contributed by atoms with Crippen LogP contribution in [-0.4, -0.2) is 46.7 Å². The fourth-order valence-corrected chi connectivity index (χ4v) is 3.22. The summed E-state index contributed by atoms with van der Waals surface area (Å²) in [5, 5.41) is 6.60. The van der Waals surface area contributed by atoms with Crippen LogP contribution in [0.15, 0.2) is 41.5 Å². The zero-order valence-electron chi connectivity index (χ0n) is 15.4. The molecule has 8 heteroatoms. The Hall–Kier alpha value is -2.45. The van der Waals surface area contributed by atoms with E-state index in [1.807, 2.05) is 24.3 Å². The average Bonchev–Trinajstić information content (AvgIpc) is 2.70. The second kappa shape index (κ2) is 9.48. The third kappa shape index (κ3) is 5.51. The zero-order chi connectivity index (χ0) is 19.1. The first-order valence-electron chi connectivity index (χ1n) is 9.11. The van der Waals surface area contributed by atoms with Gasteiger partial charge in [-0.3, -0.25) is 14.7 Å². The number of aromatic nitrogens is 2. The molecule has 7 nitrogen and oxygen atoms in total. The van der Waals surface area contributed by atoms with E-state index in [9.17, 15) is 4.79 Å². The summed E-state index contributed by atoms with van der Waals surface area (Å²) in [7, 11) is 1.78. The van der Waals surface area contributed by atoms with Crippen LogP contribution < -0.4 is 20.9 Å². The molecule has 0 amide bonds. The van der Waals surface area contributed by atoms with Gasteiger partial charge in [-0.1, -0.05) is 12.1 Å². The highest BCUT2D eigenvalue weighted by Gasteiger charge is 2.21. The number of hydrogen-bond acceptors (Lipinski definition) is 5. The maximum absolute atomic E-state index is 11.8. The molecule has 1 fully saturated rings. The molecule has 1 aromatic heterocycles. The number of H-pyrrole nitrogens is 1. The summed E-state index contributed by atoms with van der Waals surface area (Å²) in [5.41, 5.74) is 1.34. The van der Waals surface area contributed by atoms with Crippen molar-refractivity contribution in [2.75, 3.05) is 32.1 Å². The number of hydrogen-bond donors (Lipinski definition) is 3. The molecular formula is C19H25N5O2S. The predicted molar refractivity (Wildman–Crippen MR) is 110 cm³/mol. The van der Waals surface area contributed by atoms with Gasteiger partial charge in [-0.15, -0.1) is 0 Å². The third-order valence-corrected chi connectivity index (χ3v) is 5.01. The van der Waals surface area contributed by atoms with Crippen molar-refractivity contribution in [2.45, 2.75) is 19.4 Å². The number of likely N-dealkylation sites (tertiary alicyclic amines) is 1. The topological polar surface area (TPSA) is 82.3 Å². The Bertz CT molecular complexity index is 817. The second-order valence-corrected chi connectivity index (χ2v) is 7.00. The summed E-state index contributed by atoms with van der Waals surface area (Å²) in [5.74, 6) is 1.30. The number of rotatable bonds is 6. The Morgan fingerprint density at radius 1 is 1.37 bits per heavy atom. The van der Waals surface area contributed by atoms with Gasteiger partial charge in [0.25, 0.3) is 5.56 Å². The largest absolute Gasteiger partial charge is 0.491 e. The van der Waals surface area contributed by atoms with Crippen molar-refractivity contribution in [3.8, 4) is 5.75 Å². The number of nitrogens with zero attached hydrogens (tertiary/aromatic N) is 2. The lowest BCUT2D eigenvalue weighted by molar-refractivity contribution is 0.135. The Morgan fingerprint density at radius 3 is 2.89 bits per heavy atom. The molecule has 0 bridgehead atoms. The van der Waals surface area contributed by atoms with Crippen LogP contribution in [0.1, 0.15) is 18.5 Å². The molecule has 0 atom stereocenters. The Labute approximate surface area is 164 Å². The van der Waals surface area contributed by atoms with Crippen LogP contribution in [0.4, 0.5) is 5.69 Å². The van der Waals surface area contributed by atoms with Gasteiger partial charge in [0.2, 0.25) is 0 Å². The van der Waals surface area contributed by atoms with Crippen molar-refractivity contribution >= 4 is 23.0 Å². The molecular weight excluding hydrogens is 362 g/mol. The highest BCUT2D eigenvalue weighted by molar-refractivity contribution is 7.80. The molecule has 1 saturated heterocycles. The Morgan fingerprint density at radius 2 is 2.15 bits per heavy atom. The third-order valence-electron chi connectivity index (χ3n) is 4.70. The number of benzene rings is 1. The van der Waals surface area contributed by atoms with Crippen LogP contribution >= 0.6 is 12.2 Å². The first kappa shape index (κ1) is 19.3. The normalized spacial score (nSPS) is 15.3. The minimum absolute atomic E-state index is 0.105. The van der Waals surface area contributed by atoms with Gasteiger partial charge < -0.3 is 20.4 Å². The van der Waals surface area contributed by atoms with Crippen LogP contribution in [0.25, 0.3) is 0 Å². The van der Waals surface area contributed by atoms with Gasteiger partial charge in [0.15, 0.2) is 5.11 Å². The van der Waals surface area contributed by atoms with Crippen molar-refractivity contribution in [3.63, 3.8) is 0 Å². The van der Waals surface area contributed by atoms with E-state index in [2.05, 4.69) is 25.5 Å². The molecule has 144 valence electrons. The predicted octanol–water partition coefficient (Wildman–Crippen LogP) is 1.98. The minimum Gasteiger partial charge on any atom is -0.491 e. The summed E-state index contributed by atoms with van der Waals surface area (Å²) >= 11 is 5.17. The lowest BCUT2D eigenvalue weighted by atomic mass is 9.97. The van der Waals surface area contributed by atoms with Gasteiger partial charge in [0, 0.05) is 26.0 Å². The number of nitrogens with one attached hydrogen (secondary N) is 3. The van der Waals surface area contributed by atoms with Gasteiger partial charge >= 0.3 is 0 Å². The van der Waals surface area contributed by atoms with E-state index in [0.717, 1.165) is 37.4 Å². The smallest absolute Gasteiger partial charge is 0.270 e. The van der Waals surface area contributed by atoms with E-state index in [-0.39, 0.29) is 5.56 Å². The summed E-state index contributed by atoms with van der Waals surface area (Å²) in [6.07, 6.45) is 5.26. The molecule has 2 aromatic rings. The summed E-state index contributed by atoms with van der Waals surface area (Å²) in [6, 6.07) is 7.80. The lowest BCUT2D eigenvalue weighted by Gasteiger charge is -2.31. The maximum Gasteiger partial charge on any atom is 0.270 e. The van der Waals surface area contributed by atoms with Gasteiger partial charge in [-0.2, -0.15) is 0 Å². The van der Waals surface area contributed by atoms with Crippen LogP contribution in [0, 0.1) is 5.92 Å². The quantitative estimate of drug-likeness (QED) is 0.654. The summed E-state index contributed by atoms with van der Waals surface area (Å²) in [6.45, 7) is 3.14. The van der Waals surface area contributed by atoms with Crippen LogP contribution in [0.2, 0.25) is 0 Å². The van der Waals surface area contributed by atoms with Crippen LogP contribution in [0.5, 0.6) is 5.75 Å². The maximum atomic E-state index is 11.8. The molecule has 3 N–H and O–H groups in total. The van der Waals surface area contributed by atoms with E-state index < -0.39 is 0 Å². The van der Waals surface area contributed by atoms with Crippen molar-refractivity contribution in [1.82, 2.24) is 20.2 Å². The molecule has 1 aliphatic rings. The van der Waals surface area contributed by atoms with E-state index in [0.29, 0.717) is 29.9 Å².